The van der Waals surface area contributed by atoms with Gasteiger partial charge in [0.25, 0.3) is 5.91 Å². The molecule has 1 aromatic carbocycles. The van der Waals surface area contributed by atoms with Gasteiger partial charge in [-0.1, -0.05) is 29.8 Å². The topological polar surface area (TPSA) is 91.4 Å². The highest BCUT2D eigenvalue weighted by Gasteiger charge is 2.30. The van der Waals surface area contributed by atoms with Crippen LogP contribution in [0.15, 0.2) is 48.7 Å². The number of halogens is 1. The SMILES string of the molecule is CC(NC(=O)c1ccccc1)C(=O)N1CCC(C(=O)Nc2ccc(Cl)cn2)CC1. The van der Waals surface area contributed by atoms with Crippen molar-refractivity contribution in [2.75, 3.05) is 18.4 Å². The van der Waals surface area contributed by atoms with Crippen LogP contribution in [0.1, 0.15) is 30.1 Å². The molecule has 2 aromatic rings. The van der Waals surface area contributed by atoms with Gasteiger partial charge in [0.15, 0.2) is 0 Å². The number of pyridine rings is 1. The van der Waals surface area contributed by atoms with Gasteiger partial charge < -0.3 is 15.5 Å². The van der Waals surface area contributed by atoms with Gasteiger partial charge in [0.1, 0.15) is 11.9 Å². The van der Waals surface area contributed by atoms with E-state index in [0.717, 1.165) is 0 Å². The molecule has 29 heavy (non-hydrogen) atoms. The molecule has 0 radical (unpaired) electrons. The van der Waals surface area contributed by atoms with Gasteiger partial charge in [-0.05, 0) is 44.0 Å². The second-order valence-corrected chi connectivity index (χ2v) is 7.45. The van der Waals surface area contributed by atoms with E-state index in [1.807, 2.05) is 6.07 Å². The number of amides is 3. The van der Waals surface area contributed by atoms with Gasteiger partial charge in [0, 0.05) is 30.8 Å². The molecule has 3 rings (SSSR count). The maximum Gasteiger partial charge on any atom is 0.251 e. The van der Waals surface area contributed by atoms with Crippen molar-refractivity contribution < 1.29 is 14.4 Å². The Morgan fingerprint density at radius 2 is 1.79 bits per heavy atom. The van der Waals surface area contributed by atoms with Crippen molar-refractivity contribution in [3.8, 4) is 0 Å². The summed E-state index contributed by atoms with van der Waals surface area (Å²) in [4.78, 5) is 43.1. The van der Waals surface area contributed by atoms with E-state index in [9.17, 15) is 14.4 Å². The van der Waals surface area contributed by atoms with Gasteiger partial charge in [-0.15, -0.1) is 0 Å². The van der Waals surface area contributed by atoms with E-state index in [1.165, 1.54) is 6.20 Å². The number of anilines is 1. The molecule has 1 atom stereocenters. The zero-order valence-electron chi connectivity index (χ0n) is 16.1. The molecule has 2 N–H and O–H groups in total. The van der Waals surface area contributed by atoms with Crippen molar-refractivity contribution in [2.45, 2.75) is 25.8 Å². The maximum atomic E-state index is 12.7. The molecular formula is C21H23ClN4O3. The normalized spacial score (nSPS) is 15.4. The number of hydrogen-bond donors (Lipinski definition) is 2. The van der Waals surface area contributed by atoms with Crippen LogP contribution in [-0.4, -0.2) is 46.7 Å². The first-order valence-corrected chi connectivity index (χ1v) is 9.89. The number of carbonyl (C=O) groups is 3. The Labute approximate surface area is 174 Å². The highest BCUT2D eigenvalue weighted by molar-refractivity contribution is 6.30. The first-order valence-electron chi connectivity index (χ1n) is 9.51. The number of nitrogens with one attached hydrogen (secondary N) is 2. The first kappa shape index (κ1) is 20.8. The van der Waals surface area contributed by atoms with Crippen molar-refractivity contribution in [3.05, 3.63) is 59.2 Å². The van der Waals surface area contributed by atoms with Crippen molar-refractivity contribution >= 4 is 35.1 Å². The van der Waals surface area contributed by atoms with Crippen molar-refractivity contribution in [3.63, 3.8) is 0 Å². The molecule has 0 saturated carbocycles. The van der Waals surface area contributed by atoms with Crippen LogP contribution in [0.2, 0.25) is 5.02 Å². The summed E-state index contributed by atoms with van der Waals surface area (Å²) in [5, 5.41) is 6.02. The van der Waals surface area contributed by atoms with E-state index in [4.69, 9.17) is 11.6 Å². The lowest BCUT2D eigenvalue weighted by atomic mass is 9.95. The number of hydrogen-bond acceptors (Lipinski definition) is 4. The van der Waals surface area contributed by atoms with Crippen LogP contribution in [0.4, 0.5) is 5.82 Å². The lowest BCUT2D eigenvalue weighted by Crippen LogP contribution is -2.50. The quantitative estimate of drug-likeness (QED) is 0.786. The molecule has 1 aromatic heterocycles. The van der Waals surface area contributed by atoms with Crippen LogP contribution in [0.3, 0.4) is 0 Å². The van der Waals surface area contributed by atoms with Crippen molar-refractivity contribution in [1.29, 1.82) is 0 Å². The number of likely N-dealkylation sites (tertiary alicyclic amines) is 1. The molecule has 7 nitrogen and oxygen atoms in total. The molecule has 0 spiro atoms. The van der Waals surface area contributed by atoms with Gasteiger partial charge in [-0.25, -0.2) is 4.98 Å². The summed E-state index contributed by atoms with van der Waals surface area (Å²) in [5.41, 5.74) is 0.512. The molecule has 0 bridgehead atoms. The van der Waals surface area contributed by atoms with Gasteiger partial charge in [-0.2, -0.15) is 0 Å². The molecule has 1 fully saturated rings. The molecule has 152 valence electrons. The Bertz CT molecular complexity index is 865. The predicted molar refractivity (Wildman–Crippen MR) is 111 cm³/mol. The first-order chi connectivity index (χ1) is 13.9. The van der Waals surface area contributed by atoms with Gasteiger partial charge in [0.2, 0.25) is 11.8 Å². The van der Waals surface area contributed by atoms with Gasteiger partial charge in [-0.3, -0.25) is 14.4 Å². The zero-order chi connectivity index (χ0) is 20.8. The fraction of sp³-hybridized carbons (Fsp3) is 0.333. The molecule has 3 amide bonds. The Morgan fingerprint density at radius 1 is 1.10 bits per heavy atom. The lowest BCUT2D eigenvalue weighted by molar-refractivity contribution is -0.135. The smallest absolute Gasteiger partial charge is 0.251 e. The van der Waals surface area contributed by atoms with E-state index in [2.05, 4.69) is 15.6 Å². The summed E-state index contributed by atoms with van der Waals surface area (Å²) in [6, 6.07) is 11.5. The highest BCUT2D eigenvalue weighted by Crippen LogP contribution is 2.20. The molecule has 1 aliphatic rings. The largest absolute Gasteiger partial charge is 0.341 e. The van der Waals surface area contributed by atoms with Crippen LogP contribution in [0.25, 0.3) is 0 Å². The van der Waals surface area contributed by atoms with E-state index in [1.54, 1.807) is 48.2 Å². The monoisotopic (exact) mass is 414 g/mol. The van der Waals surface area contributed by atoms with Crippen LogP contribution in [0.5, 0.6) is 0 Å². The number of piperidine rings is 1. The number of rotatable bonds is 5. The summed E-state index contributed by atoms with van der Waals surface area (Å²) < 4.78 is 0. The Balaban J connectivity index is 1.47. The number of nitrogens with zero attached hydrogens (tertiary/aromatic N) is 2. The average molecular weight is 415 g/mol. The zero-order valence-corrected chi connectivity index (χ0v) is 16.9. The van der Waals surface area contributed by atoms with Crippen LogP contribution >= 0.6 is 11.6 Å². The van der Waals surface area contributed by atoms with E-state index >= 15 is 0 Å². The molecule has 8 heteroatoms. The number of aromatic nitrogens is 1. The van der Waals surface area contributed by atoms with Gasteiger partial charge >= 0.3 is 0 Å². The van der Waals surface area contributed by atoms with Gasteiger partial charge in [0.05, 0.1) is 5.02 Å². The molecule has 1 unspecified atom stereocenters. The van der Waals surface area contributed by atoms with Crippen molar-refractivity contribution in [1.82, 2.24) is 15.2 Å². The van der Waals surface area contributed by atoms with E-state index in [0.29, 0.717) is 42.3 Å². The predicted octanol–water partition coefficient (Wildman–Crippen LogP) is 2.73. The molecule has 1 aliphatic heterocycles. The fourth-order valence-electron chi connectivity index (χ4n) is 3.25. The minimum absolute atomic E-state index is 0.114. The minimum Gasteiger partial charge on any atom is -0.341 e. The van der Waals surface area contributed by atoms with Crippen LogP contribution in [0, 0.1) is 5.92 Å². The van der Waals surface area contributed by atoms with E-state index in [-0.39, 0.29) is 23.6 Å². The standard InChI is InChI=1S/C21H23ClN4O3/c1-14(24-19(27)15-5-3-2-4-6-15)21(29)26-11-9-16(10-12-26)20(28)25-18-8-7-17(22)13-23-18/h2-8,13-14,16H,9-12H2,1H3,(H,24,27)(H,23,25,28). The van der Waals surface area contributed by atoms with E-state index < -0.39 is 6.04 Å². The number of carbonyl (C=O) groups excluding carboxylic acids is 3. The molecular weight excluding hydrogens is 392 g/mol. The average Bonchev–Trinajstić information content (AvgIpc) is 2.75. The third-order valence-electron chi connectivity index (χ3n) is 4.91. The summed E-state index contributed by atoms with van der Waals surface area (Å²) >= 11 is 5.80. The van der Waals surface area contributed by atoms with Crippen LogP contribution < -0.4 is 10.6 Å². The summed E-state index contributed by atoms with van der Waals surface area (Å²) in [6.45, 7) is 2.61. The highest BCUT2D eigenvalue weighted by atomic mass is 35.5. The maximum absolute atomic E-state index is 12.7. The third-order valence-corrected chi connectivity index (χ3v) is 5.13. The minimum atomic E-state index is -0.633. The Morgan fingerprint density at radius 3 is 2.41 bits per heavy atom. The third kappa shape index (κ3) is 5.54. The fourth-order valence-corrected chi connectivity index (χ4v) is 3.36. The number of benzene rings is 1. The second-order valence-electron chi connectivity index (χ2n) is 7.01. The molecule has 1 saturated heterocycles. The molecule has 0 aliphatic carbocycles. The summed E-state index contributed by atoms with van der Waals surface area (Å²) in [6.07, 6.45) is 2.60. The van der Waals surface area contributed by atoms with Crippen molar-refractivity contribution in [2.24, 2.45) is 5.92 Å². The summed E-state index contributed by atoms with van der Waals surface area (Å²) in [7, 11) is 0. The van der Waals surface area contributed by atoms with Crippen LogP contribution in [-0.2, 0) is 9.59 Å². The Hall–Kier alpha value is -2.93. The molecule has 2 heterocycles. The lowest BCUT2D eigenvalue weighted by Gasteiger charge is -2.33. The second kappa shape index (κ2) is 9.52. The Kier molecular flexibility index (Phi) is 6.82. The summed E-state index contributed by atoms with van der Waals surface area (Å²) in [5.74, 6) is -0.276.